The van der Waals surface area contributed by atoms with Gasteiger partial charge in [-0.15, -0.1) is 0 Å². The predicted molar refractivity (Wildman–Crippen MR) is 122 cm³/mol. The van der Waals surface area contributed by atoms with Crippen molar-refractivity contribution >= 4 is 21.6 Å². The Morgan fingerprint density at radius 3 is 2.35 bits per heavy atom. The van der Waals surface area contributed by atoms with Crippen molar-refractivity contribution in [2.45, 2.75) is 75.6 Å². The van der Waals surface area contributed by atoms with Crippen LogP contribution in [0.1, 0.15) is 55.3 Å². The number of benzene rings is 1. The second-order valence-corrected chi connectivity index (χ2v) is 10.4. The number of aromatic nitrogens is 1. The first-order valence-electron chi connectivity index (χ1n) is 11.1. The number of hydrogen-bond donors (Lipinski definition) is 1. The normalized spacial score (nSPS) is 15.2. The van der Waals surface area contributed by atoms with Crippen LogP contribution in [0.2, 0.25) is 0 Å². The molecule has 1 aromatic heterocycles. The molecule has 1 N–H and O–H groups in total. The fourth-order valence-corrected chi connectivity index (χ4v) is 6.05. The van der Waals surface area contributed by atoms with Crippen molar-refractivity contribution < 1.29 is 17.9 Å². The predicted octanol–water partition coefficient (Wildman–Crippen LogP) is 4.80. The zero-order chi connectivity index (χ0) is 22.6. The minimum Gasteiger partial charge on any atom is -0.385 e. The lowest BCUT2D eigenvalue weighted by atomic mass is 9.89. The summed E-state index contributed by atoms with van der Waals surface area (Å²) in [5.41, 5.74) is 2.52. The molecule has 1 heterocycles. The van der Waals surface area contributed by atoms with Gasteiger partial charge >= 0.3 is 0 Å². The van der Waals surface area contributed by atoms with E-state index in [4.69, 9.17) is 4.74 Å². The van der Waals surface area contributed by atoms with Crippen molar-refractivity contribution in [1.29, 1.82) is 0 Å². The first-order valence-corrected chi connectivity index (χ1v) is 12.6. The maximum absolute atomic E-state index is 13.7. The number of nitrogens with one attached hydrogen (secondary N) is 1. The first kappa shape index (κ1) is 23.5. The highest BCUT2D eigenvalue weighted by atomic mass is 32.2. The number of amides is 1. The molecule has 31 heavy (non-hydrogen) atoms. The van der Waals surface area contributed by atoms with Crippen molar-refractivity contribution in [3.05, 3.63) is 41.1 Å². The Hall–Kier alpha value is -2.12. The molecular formula is C24H34N2O4S. The SMILES string of the molecule is COCCCn1c(C)c(C)c(S(=O)(=O)c2ccc(C)cc2)c1NC(=O)C1CCCCC1. The van der Waals surface area contributed by atoms with Crippen molar-refractivity contribution in [1.82, 2.24) is 4.57 Å². The zero-order valence-corrected chi connectivity index (χ0v) is 19.8. The number of hydrogen-bond acceptors (Lipinski definition) is 4. The van der Waals surface area contributed by atoms with Gasteiger partial charge in [0, 0.05) is 31.9 Å². The van der Waals surface area contributed by atoms with Gasteiger partial charge in [-0.1, -0.05) is 37.0 Å². The Bertz CT molecular complexity index is 1020. The molecule has 0 aliphatic heterocycles. The molecule has 1 aliphatic carbocycles. The summed E-state index contributed by atoms with van der Waals surface area (Å²) in [5.74, 6) is 0.249. The van der Waals surface area contributed by atoms with Crippen LogP contribution < -0.4 is 5.32 Å². The van der Waals surface area contributed by atoms with Gasteiger partial charge in [0.15, 0.2) is 0 Å². The molecule has 0 bridgehead atoms. The molecule has 0 radical (unpaired) electrons. The number of ether oxygens (including phenoxy) is 1. The average Bonchev–Trinajstić information content (AvgIpc) is 2.99. The summed E-state index contributed by atoms with van der Waals surface area (Å²) >= 11 is 0. The summed E-state index contributed by atoms with van der Waals surface area (Å²) in [5, 5.41) is 3.03. The standard InChI is InChI=1S/C24H34N2O4S/c1-17-11-13-21(14-12-17)31(28,29)22-18(2)19(3)26(15-8-16-30-4)23(22)25-24(27)20-9-6-5-7-10-20/h11-14,20H,5-10,15-16H2,1-4H3,(H,25,27). The molecule has 1 aliphatic rings. The van der Waals surface area contributed by atoms with Gasteiger partial charge in [-0.25, -0.2) is 8.42 Å². The van der Waals surface area contributed by atoms with E-state index >= 15 is 0 Å². The molecule has 0 unspecified atom stereocenters. The average molecular weight is 447 g/mol. The van der Waals surface area contributed by atoms with Crippen LogP contribution in [-0.4, -0.2) is 32.6 Å². The van der Waals surface area contributed by atoms with Crippen LogP contribution in [0.15, 0.2) is 34.1 Å². The van der Waals surface area contributed by atoms with E-state index in [0.29, 0.717) is 24.5 Å². The molecule has 0 atom stereocenters. The molecule has 1 amide bonds. The number of rotatable bonds is 8. The maximum Gasteiger partial charge on any atom is 0.228 e. The van der Waals surface area contributed by atoms with Crippen molar-refractivity contribution in [3.63, 3.8) is 0 Å². The van der Waals surface area contributed by atoms with E-state index in [1.165, 1.54) is 0 Å². The highest BCUT2D eigenvalue weighted by molar-refractivity contribution is 7.91. The second kappa shape index (κ2) is 10.0. The monoisotopic (exact) mass is 446 g/mol. The topological polar surface area (TPSA) is 77.4 Å². The molecule has 3 rings (SSSR count). The first-order chi connectivity index (χ1) is 14.8. The van der Waals surface area contributed by atoms with Crippen LogP contribution in [0.4, 0.5) is 5.82 Å². The fraction of sp³-hybridized carbons (Fsp3) is 0.542. The summed E-state index contributed by atoms with van der Waals surface area (Å²) in [7, 11) is -2.15. The van der Waals surface area contributed by atoms with Crippen molar-refractivity contribution in [2.75, 3.05) is 19.0 Å². The third-order valence-electron chi connectivity index (χ3n) is 6.32. The third-order valence-corrected chi connectivity index (χ3v) is 8.25. The van der Waals surface area contributed by atoms with E-state index in [0.717, 1.165) is 49.8 Å². The Morgan fingerprint density at radius 1 is 1.10 bits per heavy atom. The van der Waals surface area contributed by atoms with Gasteiger partial charge in [0.25, 0.3) is 0 Å². The highest BCUT2D eigenvalue weighted by Gasteiger charge is 2.32. The quantitative estimate of drug-likeness (QED) is 0.591. The van der Waals surface area contributed by atoms with Gasteiger partial charge in [-0.05, 0) is 57.7 Å². The molecule has 2 aromatic rings. The Morgan fingerprint density at radius 2 is 1.74 bits per heavy atom. The smallest absolute Gasteiger partial charge is 0.228 e. The van der Waals surface area contributed by atoms with E-state index in [2.05, 4.69) is 5.32 Å². The van der Waals surface area contributed by atoms with Gasteiger partial charge in [0.1, 0.15) is 10.7 Å². The molecule has 7 heteroatoms. The molecule has 0 saturated heterocycles. The summed E-state index contributed by atoms with van der Waals surface area (Å²) in [6.45, 7) is 6.79. The Labute approximate surface area is 185 Å². The molecule has 0 spiro atoms. The van der Waals surface area contributed by atoms with Crippen molar-refractivity contribution in [3.8, 4) is 0 Å². The summed E-state index contributed by atoms with van der Waals surface area (Å²) in [6.07, 6.45) is 5.67. The molecule has 1 saturated carbocycles. The van der Waals surface area contributed by atoms with E-state index < -0.39 is 9.84 Å². The number of aryl methyl sites for hydroxylation is 1. The van der Waals surface area contributed by atoms with E-state index in [1.807, 2.05) is 25.3 Å². The number of nitrogens with zero attached hydrogens (tertiary/aromatic N) is 1. The fourth-order valence-electron chi connectivity index (χ4n) is 4.35. The van der Waals surface area contributed by atoms with Gasteiger partial charge in [0.05, 0.1) is 4.90 Å². The summed E-state index contributed by atoms with van der Waals surface area (Å²) in [4.78, 5) is 13.5. The molecular weight excluding hydrogens is 412 g/mol. The Kier molecular flexibility index (Phi) is 7.59. The van der Waals surface area contributed by atoms with E-state index in [-0.39, 0.29) is 21.6 Å². The van der Waals surface area contributed by atoms with E-state index in [9.17, 15) is 13.2 Å². The molecule has 1 aromatic carbocycles. The van der Waals surface area contributed by atoms with Crippen LogP contribution in [-0.2, 0) is 25.9 Å². The maximum atomic E-state index is 13.7. The minimum atomic E-state index is -3.79. The lowest BCUT2D eigenvalue weighted by molar-refractivity contribution is -0.120. The van der Waals surface area contributed by atoms with Crippen LogP contribution >= 0.6 is 0 Å². The third kappa shape index (κ3) is 5.04. The molecule has 1 fully saturated rings. The lowest BCUT2D eigenvalue weighted by Gasteiger charge is -2.22. The van der Waals surface area contributed by atoms with Gasteiger partial charge in [0.2, 0.25) is 15.7 Å². The zero-order valence-electron chi connectivity index (χ0n) is 19.0. The van der Waals surface area contributed by atoms with Crippen LogP contribution in [0, 0.1) is 26.7 Å². The number of anilines is 1. The van der Waals surface area contributed by atoms with Crippen LogP contribution in [0.5, 0.6) is 0 Å². The van der Waals surface area contributed by atoms with Crippen LogP contribution in [0.25, 0.3) is 0 Å². The number of carbonyl (C=O) groups excluding carboxylic acids is 1. The number of methoxy groups -OCH3 is 1. The van der Waals surface area contributed by atoms with E-state index in [1.54, 1.807) is 31.4 Å². The highest BCUT2D eigenvalue weighted by Crippen LogP contribution is 2.36. The van der Waals surface area contributed by atoms with Gasteiger partial charge in [-0.3, -0.25) is 4.79 Å². The Balaban J connectivity index is 2.07. The largest absolute Gasteiger partial charge is 0.385 e. The second-order valence-electron chi connectivity index (χ2n) is 8.53. The number of carbonyl (C=O) groups is 1. The molecule has 170 valence electrons. The summed E-state index contributed by atoms with van der Waals surface area (Å²) < 4.78 is 34.4. The minimum absolute atomic E-state index is 0.0633. The lowest BCUT2D eigenvalue weighted by Crippen LogP contribution is -2.27. The molecule has 6 nitrogen and oxygen atoms in total. The van der Waals surface area contributed by atoms with Gasteiger partial charge in [-0.2, -0.15) is 0 Å². The number of sulfone groups is 1. The van der Waals surface area contributed by atoms with Gasteiger partial charge < -0.3 is 14.6 Å². The van der Waals surface area contributed by atoms with Crippen LogP contribution in [0.3, 0.4) is 0 Å². The summed E-state index contributed by atoms with van der Waals surface area (Å²) in [6, 6.07) is 6.86. The van der Waals surface area contributed by atoms with Crippen molar-refractivity contribution in [2.24, 2.45) is 5.92 Å².